The third-order valence-electron chi connectivity index (χ3n) is 1.52. The summed E-state index contributed by atoms with van der Waals surface area (Å²) in [4.78, 5) is 0. The van der Waals surface area contributed by atoms with Gasteiger partial charge in [0.05, 0.1) is 0 Å². The van der Waals surface area contributed by atoms with Crippen LogP contribution in [0.15, 0.2) is 12.1 Å². The van der Waals surface area contributed by atoms with Crippen LogP contribution in [0.1, 0.15) is 16.7 Å². The zero-order valence-corrected chi connectivity index (χ0v) is 11.9. The molecule has 0 saturated carbocycles. The van der Waals surface area contributed by atoms with Gasteiger partial charge in [-0.25, -0.2) is 0 Å². The molecule has 1 aromatic rings. The molecule has 0 fully saturated rings. The minimum Gasteiger partial charge on any atom is -0.565 e. The van der Waals surface area contributed by atoms with Crippen molar-refractivity contribution < 1.29 is 46.9 Å². The third-order valence-corrected chi connectivity index (χ3v) is 1.52. The van der Waals surface area contributed by atoms with Crippen molar-refractivity contribution >= 4 is 0 Å². The first kappa shape index (κ1) is 18.9. The predicted octanol–water partition coefficient (Wildman–Crippen LogP) is 3.09. The number of phenolic OH excluding ortho intramolecular Hbond substituents is 1. The first-order valence-electron chi connectivity index (χ1n) is 3.23. The molecule has 1 N–H and O–H groups in total. The Bertz CT molecular complexity index is 233. The van der Waals surface area contributed by atoms with E-state index in [1.54, 1.807) is 0 Å². The van der Waals surface area contributed by atoms with Crippen molar-refractivity contribution in [2.45, 2.75) is 13.8 Å². The van der Waals surface area contributed by atoms with Gasteiger partial charge in [-0.2, -0.15) is 18.6 Å². The second kappa shape index (κ2) is 7.65. The molecular weight excluding hydrogens is 288 g/mol. The van der Waals surface area contributed by atoms with E-state index in [1.807, 2.05) is 26.0 Å². The Balaban J connectivity index is -0.000000333. The van der Waals surface area contributed by atoms with Gasteiger partial charge in [-0.1, -0.05) is 18.6 Å². The van der Waals surface area contributed by atoms with Crippen LogP contribution in [0.5, 0.6) is 5.75 Å². The normalized spacial score (nSPS) is 7.54. The molecule has 0 amide bonds. The number of benzene rings is 1. The summed E-state index contributed by atoms with van der Waals surface area (Å²) < 4.78 is 0. The SMILES string of the molecule is [CH2-]c1cc(C)cc(C)c1O.[CH3-].[CH3-].[Ce+3]. The molecule has 0 aliphatic carbocycles. The van der Waals surface area contributed by atoms with Gasteiger partial charge in [0, 0.05) is 5.75 Å². The average molecular weight is 305 g/mol. The Morgan fingerprint density at radius 2 is 1.62 bits per heavy atom. The summed E-state index contributed by atoms with van der Waals surface area (Å²) in [6, 6.07) is 3.80. The number of aryl methyl sites for hydroxylation is 2. The molecule has 0 atom stereocenters. The summed E-state index contributed by atoms with van der Waals surface area (Å²) in [6.45, 7) is 7.55. The van der Waals surface area contributed by atoms with Crippen LogP contribution in [0.3, 0.4) is 0 Å². The van der Waals surface area contributed by atoms with Crippen molar-refractivity contribution in [3.8, 4) is 5.75 Å². The van der Waals surface area contributed by atoms with Crippen molar-refractivity contribution in [1.82, 2.24) is 0 Å². The van der Waals surface area contributed by atoms with Crippen molar-refractivity contribution in [3.05, 3.63) is 50.6 Å². The Kier molecular flexibility index (Phi) is 11.1. The summed E-state index contributed by atoms with van der Waals surface area (Å²) in [5.74, 6) is 0.311. The largest absolute Gasteiger partial charge is 3.00 e. The number of phenols is 1. The zero-order valence-electron chi connectivity index (χ0n) is 8.81. The second-order valence-electron chi connectivity index (χ2n) is 2.59. The summed E-state index contributed by atoms with van der Waals surface area (Å²) in [6.07, 6.45) is 0. The third kappa shape index (κ3) is 4.89. The van der Waals surface area contributed by atoms with Crippen LogP contribution in [0.25, 0.3) is 0 Å². The number of hydrogen-bond donors (Lipinski definition) is 1. The average Bonchev–Trinajstić information content (AvgIpc) is 1.82. The Morgan fingerprint density at radius 3 is 2.00 bits per heavy atom. The molecule has 0 unspecified atom stereocenters. The standard InChI is InChI=1S/C9H11O.2CH3.Ce/c1-6-4-7(2)9(10)8(3)5-6;;;/h4-5,10H,2H2,1,3H3;2*1H3;/q3*-1;+3. The fraction of sp³-hybridized carbons (Fsp3) is 0.182. The first-order valence-corrected chi connectivity index (χ1v) is 3.23. The van der Waals surface area contributed by atoms with Crippen LogP contribution in [-0.2, 0) is 0 Å². The van der Waals surface area contributed by atoms with E-state index >= 15 is 0 Å². The van der Waals surface area contributed by atoms with Gasteiger partial charge in [-0.3, -0.25) is 0 Å². The van der Waals surface area contributed by atoms with Gasteiger partial charge in [-0.05, 0) is 6.92 Å². The Morgan fingerprint density at radius 1 is 1.15 bits per heavy atom. The molecule has 0 aliphatic heterocycles. The van der Waals surface area contributed by atoms with Crippen LogP contribution in [-0.4, -0.2) is 5.11 Å². The Hall–Kier alpha value is 0.267. The zero-order chi connectivity index (χ0) is 7.72. The van der Waals surface area contributed by atoms with Gasteiger partial charge >= 0.3 is 41.7 Å². The topological polar surface area (TPSA) is 20.2 Å². The van der Waals surface area contributed by atoms with E-state index in [2.05, 4.69) is 6.92 Å². The van der Waals surface area contributed by atoms with Crippen LogP contribution < -0.4 is 0 Å². The van der Waals surface area contributed by atoms with E-state index in [0.29, 0.717) is 11.3 Å². The molecule has 71 valence electrons. The van der Waals surface area contributed by atoms with Crippen LogP contribution in [0.4, 0.5) is 0 Å². The predicted molar refractivity (Wildman–Crippen MR) is 54.9 cm³/mol. The minimum atomic E-state index is 0. The molecule has 0 bridgehead atoms. The molecule has 1 rings (SSSR count). The number of hydrogen-bond acceptors (Lipinski definition) is 1. The summed E-state index contributed by atoms with van der Waals surface area (Å²) in [7, 11) is 0. The molecule has 0 aromatic heterocycles. The minimum absolute atomic E-state index is 0. The maximum absolute atomic E-state index is 9.27. The van der Waals surface area contributed by atoms with E-state index in [-0.39, 0.29) is 56.6 Å². The number of aromatic hydroxyl groups is 1. The molecule has 1 radical (unpaired) electrons. The van der Waals surface area contributed by atoms with Gasteiger partial charge in [0.2, 0.25) is 0 Å². The van der Waals surface area contributed by atoms with Crippen molar-refractivity contribution in [1.29, 1.82) is 0 Å². The molecule has 2 heteroatoms. The maximum Gasteiger partial charge on any atom is 3.00 e. The first-order chi connectivity index (χ1) is 4.61. The van der Waals surface area contributed by atoms with Gasteiger partial charge in [0.15, 0.2) is 0 Å². The monoisotopic (exact) mass is 305 g/mol. The van der Waals surface area contributed by atoms with E-state index in [1.165, 1.54) is 0 Å². The van der Waals surface area contributed by atoms with Gasteiger partial charge in [0.1, 0.15) is 0 Å². The molecule has 13 heavy (non-hydrogen) atoms. The second-order valence-corrected chi connectivity index (χ2v) is 2.59. The summed E-state index contributed by atoms with van der Waals surface area (Å²) in [5.41, 5.74) is 2.74. The molecule has 1 nitrogen and oxygen atoms in total. The molecule has 0 saturated heterocycles. The van der Waals surface area contributed by atoms with Gasteiger partial charge < -0.3 is 20.0 Å². The number of rotatable bonds is 0. The van der Waals surface area contributed by atoms with Crippen molar-refractivity contribution in [2.75, 3.05) is 0 Å². The molecule has 0 spiro atoms. The fourth-order valence-corrected chi connectivity index (χ4v) is 1.05. The van der Waals surface area contributed by atoms with Crippen molar-refractivity contribution in [3.63, 3.8) is 0 Å². The molecule has 0 aliphatic rings. The maximum atomic E-state index is 9.27. The summed E-state index contributed by atoms with van der Waals surface area (Å²) >= 11 is 0. The van der Waals surface area contributed by atoms with E-state index < -0.39 is 0 Å². The smallest absolute Gasteiger partial charge is 0.565 e. The molecule has 0 heterocycles. The van der Waals surface area contributed by atoms with Gasteiger partial charge in [0.25, 0.3) is 0 Å². The van der Waals surface area contributed by atoms with E-state index in [4.69, 9.17) is 0 Å². The van der Waals surface area contributed by atoms with Crippen LogP contribution in [0.2, 0.25) is 0 Å². The van der Waals surface area contributed by atoms with Crippen LogP contribution in [0, 0.1) is 77.4 Å². The molecule has 1 aromatic carbocycles. The van der Waals surface area contributed by atoms with E-state index in [0.717, 1.165) is 11.1 Å². The molecular formula is C11H17CeO. The summed E-state index contributed by atoms with van der Waals surface area (Å²) in [5, 5.41) is 9.27. The quantitative estimate of drug-likeness (QED) is 0.730. The Labute approximate surface area is 116 Å². The van der Waals surface area contributed by atoms with Crippen LogP contribution >= 0.6 is 0 Å². The van der Waals surface area contributed by atoms with Gasteiger partial charge in [-0.15, -0.1) is 5.56 Å². The van der Waals surface area contributed by atoms with E-state index in [9.17, 15) is 5.11 Å². The van der Waals surface area contributed by atoms with Crippen molar-refractivity contribution in [2.24, 2.45) is 0 Å². The fourth-order valence-electron chi connectivity index (χ4n) is 1.05.